The molecule has 0 unspecified atom stereocenters. The van der Waals surface area contributed by atoms with Crippen LogP contribution in [0.5, 0.6) is 0 Å². The molecule has 0 spiro atoms. The number of rotatable bonds is 22. The molecule has 226 valence electrons. The zero-order valence-corrected chi connectivity index (χ0v) is 24.7. The Hall–Kier alpha value is -2.65. The van der Waals surface area contributed by atoms with Crippen LogP contribution in [0.25, 0.3) is 0 Å². The largest absolute Gasteiger partial charge is 0.469 e. The van der Waals surface area contributed by atoms with E-state index in [4.69, 9.17) is 24.0 Å². The van der Waals surface area contributed by atoms with Crippen molar-refractivity contribution in [1.82, 2.24) is 0 Å². The van der Waals surface area contributed by atoms with Gasteiger partial charge in [0.25, 0.3) is 0 Å². The lowest BCUT2D eigenvalue weighted by Gasteiger charge is -2.18. The summed E-state index contributed by atoms with van der Waals surface area (Å²) in [7, 11) is -3.23. The number of benzene rings is 2. The van der Waals surface area contributed by atoms with Gasteiger partial charge in [-0.25, -0.2) is 4.57 Å². The second kappa shape index (κ2) is 20.3. The molecule has 0 heterocycles. The molecule has 2 aromatic rings. The minimum Gasteiger partial charge on any atom is -0.457 e. The van der Waals surface area contributed by atoms with Crippen LogP contribution in [0.3, 0.4) is 0 Å². The summed E-state index contributed by atoms with van der Waals surface area (Å²) < 4.78 is 30.4. The van der Waals surface area contributed by atoms with E-state index in [0.717, 1.165) is 51.4 Å². The lowest BCUT2D eigenvalue weighted by atomic mass is 10.0. The standard InChI is InChI=1S/C31H43O9P/c1-37-25-38-23-29(24-39-41(34,35)36)40-30(32)18-14-9-7-5-3-2-4-6-8-11-15-26-19-21-28(22-20-26)31(33)27-16-12-10-13-17-27/h4,6,10,12-13,16-17,19-22,29H,2-3,5,7-9,11,14-15,18,23-25H2,1H3,(H2,34,35,36)/b6-4-/t29-/m1/s1/i41+1. The molecule has 0 saturated carbocycles. The molecule has 2 rings (SSSR count). The third-order valence-corrected chi connectivity index (χ3v) is 6.72. The normalized spacial score (nSPS) is 12.5. The Morgan fingerprint density at radius 2 is 1.46 bits per heavy atom. The molecule has 0 aliphatic carbocycles. The molecule has 0 radical (unpaired) electrons. The molecule has 10 heteroatoms. The van der Waals surface area contributed by atoms with Gasteiger partial charge in [-0.05, 0) is 44.1 Å². The zero-order valence-electron chi connectivity index (χ0n) is 23.8. The first-order chi connectivity index (χ1) is 19.8. The number of hydrogen-bond donors (Lipinski definition) is 2. The maximum atomic E-state index is 12.5. The number of ketones is 1. The summed E-state index contributed by atoms with van der Waals surface area (Å²) in [5, 5.41) is 0. The summed E-state index contributed by atoms with van der Waals surface area (Å²) in [6.07, 6.45) is 12.6. The molecule has 9 nitrogen and oxygen atoms in total. The van der Waals surface area contributed by atoms with E-state index in [-0.39, 0.29) is 25.6 Å². The highest BCUT2D eigenvalue weighted by Gasteiger charge is 2.21. The lowest BCUT2D eigenvalue weighted by molar-refractivity contribution is -0.157. The molecular formula is C31H43O9P. The van der Waals surface area contributed by atoms with Crippen molar-refractivity contribution in [2.24, 2.45) is 0 Å². The van der Waals surface area contributed by atoms with E-state index in [9.17, 15) is 14.2 Å². The highest BCUT2D eigenvalue weighted by atomic mass is 32.2. The molecule has 41 heavy (non-hydrogen) atoms. The minimum absolute atomic E-state index is 0.0342. The van der Waals surface area contributed by atoms with Gasteiger partial charge in [0, 0.05) is 24.7 Å². The summed E-state index contributed by atoms with van der Waals surface area (Å²) in [6, 6.07) is 17.2. The Bertz CT molecular complexity index is 1080. The second-order valence-corrected chi connectivity index (χ2v) is 11.0. The van der Waals surface area contributed by atoms with E-state index >= 15 is 0 Å². The maximum absolute atomic E-state index is 12.5. The van der Waals surface area contributed by atoms with Crippen LogP contribution in [0.4, 0.5) is 0 Å². The SMILES string of the molecule is COCOC[C@H](CO[32P](=O)(O)O)OC(=O)CCCCCCC/C=C\CCCc1ccc(C(=O)c2ccccc2)cc1. The fourth-order valence-electron chi connectivity index (χ4n) is 4.10. The summed E-state index contributed by atoms with van der Waals surface area (Å²) in [5.74, 6) is -0.408. The average molecular weight is 592 g/mol. The first-order valence-electron chi connectivity index (χ1n) is 14.1. The number of carbonyl (C=O) groups excluding carboxylic acids is 2. The van der Waals surface area contributed by atoms with Crippen molar-refractivity contribution >= 4 is 19.6 Å². The van der Waals surface area contributed by atoms with Crippen molar-refractivity contribution in [3.8, 4) is 0 Å². The fraction of sp³-hybridized carbons (Fsp3) is 0.484. The van der Waals surface area contributed by atoms with Gasteiger partial charge >= 0.3 is 13.8 Å². The van der Waals surface area contributed by atoms with E-state index in [2.05, 4.69) is 16.7 Å². The molecule has 0 saturated heterocycles. The van der Waals surface area contributed by atoms with Crippen molar-refractivity contribution in [3.05, 3.63) is 83.4 Å². The zero-order chi connectivity index (χ0) is 29.8. The number of esters is 1. The smallest absolute Gasteiger partial charge is 0.457 e. The van der Waals surface area contributed by atoms with Gasteiger partial charge in [-0.1, -0.05) is 86.0 Å². The highest BCUT2D eigenvalue weighted by molar-refractivity contribution is 7.46. The van der Waals surface area contributed by atoms with Crippen LogP contribution in [0.1, 0.15) is 79.3 Å². The van der Waals surface area contributed by atoms with Gasteiger partial charge in [-0.15, -0.1) is 0 Å². The van der Waals surface area contributed by atoms with Crippen molar-refractivity contribution in [2.45, 2.75) is 70.3 Å². The monoisotopic (exact) mass is 591 g/mol. The number of allylic oxidation sites excluding steroid dienone is 2. The van der Waals surface area contributed by atoms with Crippen molar-refractivity contribution in [2.75, 3.05) is 27.1 Å². The van der Waals surface area contributed by atoms with E-state index in [0.29, 0.717) is 17.5 Å². The third-order valence-electron chi connectivity index (χ3n) is 6.24. The predicted octanol–water partition coefficient (Wildman–Crippen LogP) is 6.17. The van der Waals surface area contributed by atoms with Crippen LogP contribution in [-0.2, 0) is 34.5 Å². The molecule has 0 fully saturated rings. The number of unbranched alkanes of at least 4 members (excludes halogenated alkanes) is 6. The molecule has 0 aliphatic rings. The summed E-state index contributed by atoms with van der Waals surface area (Å²) in [6.45, 7) is -0.581. The number of aryl methyl sites for hydroxylation is 1. The molecule has 2 N–H and O–H groups in total. The quantitative estimate of drug-likeness (QED) is 0.0413. The molecule has 2 aromatic carbocycles. The van der Waals surface area contributed by atoms with Crippen molar-refractivity contribution < 1.29 is 42.7 Å². The maximum Gasteiger partial charge on any atom is 0.469 e. The number of phosphoric ester groups is 1. The van der Waals surface area contributed by atoms with Gasteiger partial charge in [0.05, 0.1) is 13.2 Å². The number of carbonyl (C=O) groups is 2. The van der Waals surface area contributed by atoms with E-state index in [1.54, 1.807) is 0 Å². The van der Waals surface area contributed by atoms with Gasteiger partial charge < -0.3 is 24.0 Å². The Morgan fingerprint density at radius 1 is 0.829 bits per heavy atom. The van der Waals surface area contributed by atoms with Gasteiger partial charge in [0.15, 0.2) is 5.78 Å². The number of phosphoric acid groups is 1. The van der Waals surface area contributed by atoms with Gasteiger partial charge in [0.2, 0.25) is 0 Å². The fourth-order valence-corrected chi connectivity index (χ4v) is 4.47. The minimum atomic E-state index is -4.67. The summed E-state index contributed by atoms with van der Waals surface area (Å²) in [4.78, 5) is 42.3. The highest BCUT2D eigenvalue weighted by Crippen LogP contribution is 2.35. The number of ether oxygens (including phenoxy) is 3. The topological polar surface area (TPSA) is 129 Å². The van der Waals surface area contributed by atoms with Crippen LogP contribution < -0.4 is 0 Å². The third kappa shape index (κ3) is 16.4. The van der Waals surface area contributed by atoms with E-state index in [1.807, 2.05) is 54.6 Å². The van der Waals surface area contributed by atoms with Gasteiger partial charge in [-0.2, -0.15) is 0 Å². The van der Waals surface area contributed by atoms with Gasteiger partial charge in [0.1, 0.15) is 12.9 Å². The lowest BCUT2D eigenvalue weighted by Crippen LogP contribution is -2.28. The number of hydrogen-bond acceptors (Lipinski definition) is 7. The van der Waals surface area contributed by atoms with Crippen LogP contribution in [-0.4, -0.2) is 54.8 Å². The molecule has 0 aromatic heterocycles. The number of methoxy groups -OCH3 is 1. The van der Waals surface area contributed by atoms with Crippen LogP contribution in [0.2, 0.25) is 0 Å². The Balaban J connectivity index is 1.50. The average Bonchev–Trinajstić information content (AvgIpc) is 2.96. The second-order valence-electron chi connectivity index (χ2n) is 9.74. The summed E-state index contributed by atoms with van der Waals surface area (Å²) in [5.41, 5.74) is 2.65. The molecule has 0 amide bonds. The molecule has 0 bridgehead atoms. The van der Waals surface area contributed by atoms with E-state index < -0.39 is 26.5 Å². The molecular weight excluding hydrogens is 548 g/mol. The van der Waals surface area contributed by atoms with Crippen molar-refractivity contribution in [3.63, 3.8) is 0 Å². The predicted molar refractivity (Wildman–Crippen MR) is 156 cm³/mol. The summed E-state index contributed by atoms with van der Waals surface area (Å²) >= 11 is 0. The first kappa shape index (κ1) is 34.6. The molecule has 1 atom stereocenters. The van der Waals surface area contributed by atoms with Crippen molar-refractivity contribution in [1.29, 1.82) is 0 Å². The first-order valence-corrected chi connectivity index (χ1v) is 15.6. The van der Waals surface area contributed by atoms with Crippen LogP contribution >= 0.6 is 7.82 Å². The Morgan fingerprint density at radius 3 is 2.15 bits per heavy atom. The molecule has 0 aliphatic heterocycles. The van der Waals surface area contributed by atoms with E-state index in [1.165, 1.54) is 12.7 Å². The van der Waals surface area contributed by atoms with Crippen LogP contribution in [0, 0.1) is 0 Å². The van der Waals surface area contributed by atoms with Crippen LogP contribution in [0.15, 0.2) is 66.7 Å². The Kier molecular flexibility index (Phi) is 17.1. The Labute approximate surface area is 243 Å². The van der Waals surface area contributed by atoms with Gasteiger partial charge in [-0.3, -0.25) is 14.1 Å².